The minimum Gasteiger partial charge on any atom is -0.365 e. The molecule has 0 radical (unpaired) electrons. The van der Waals surface area contributed by atoms with Crippen molar-refractivity contribution < 1.29 is 8.42 Å². The van der Waals surface area contributed by atoms with Gasteiger partial charge in [-0.15, -0.1) is 16.8 Å². The average Bonchev–Trinajstić information content (AvgIpc) is 2.47. The highest BCUT2D eigenvalue weighted by Gasteiger charge is 2.14. The maximum atomic E-state index is 12.1. The third-order valence-electron chi connectivity index (χ3n) is 2.38. The van der Waals surface area contributed by atoms with E-state index in [-0.39, 0.29) is 10.7 Å². The quantitative estimate of drug-likeness (QED) is 0.793. The van der Waals surface area contributed by atoms with E-state index < -0.39 is 10.0 Å². The van der Waals surface area contributed by atoms with E-state index in [1.807, 2.05) is 0 Å². The Balaban J connectivity index is 2.12. The summed E-state index contributed by atoms with van der Waals surface area (Å²) in [5, 5.41) is 10.6. The first-order valence-corrected chi connectivity index (χ1v) is 7.36. The van der Waals surface area contributed by atoms with Crippen molar-refractivity contribution in [3.05, 3.63) is 55.1 Å². The molecule has 0 fully saturated rings. The van der Waals surface area contributed by atoms with Crippen molar-refractivity contribution in [3.8, 4) is 0 Å². The number of hydrogen-bond donors (Lipinski definition) is 2. The van der Waals surface area contributed by atoms with Crippen LogP contribution in [0.4, 0.5) is 11.6 Å². The van der Waals surface area contributed by atoms with Gasteiger partial charge in [-0.2, -0.15) is 0 Å². The van der Waals surface area contributed by atoms with Gasteiger partial charge in [0, 0.05) is 6.54 Å². The molecular weight excluding hydrogens is 276 g/mol. The second-order valence-corrected chi connectivity index (χ2v) is 5.57. The molecule has 6 nitrogen and oxygen atoms in total. The standard InChI is InChI=1S/C13H14N4O2S/c1-2-10-14-12-8-9-13(16-15-12)17-20(18,19)11-6-4-3-5-7-11/h2-9H,1,10H2,(H,14,15)(H,16,17). The summed E-state index contributed by atoms with van der Waals surface area (Å²) in [4.78, 5) is 0.177. The van der Waals surface area contributed by atoms with Crippen LogP contribution >= 0.6 is 0 Å². The van der Waals surface area contributed by atoms with Gasteiger partial charge in [-0.1, -0.05) is 24.3 Å². The van der Waals surface area contributed by atoms with Crippen molar-refractivity contribution in [1.82, 2.24) is 10.2 Å². The molecule has 7 heteroatoms. The predicted octanol–water partition coefficient (Wildman–Crippen LogP) is 1.88. The van der Waals surface area contributed by atoms with Gasteiger partial charge in [0.15, 0.2) is 5.82 Å². The van der Waals surface area contributed by atoms with E-state index in [0.717, 1.165) is 0 Å². The SMILES string of the molecule is C=CCNc1ccc(NS(=O)(=O)c2ccccc2)nn1. The summed E-state index contributed by atoms with van der Waals surface area (Å²) in [6.45, 7) is 4.13. The molecule has 0 amide bonds. The van der Waals surface area contributed by atoms with Crippen molar-refractivity contribution in [1.29, 1.82) is 0 Å². The molecule has 1 aromatic carbocycles. The summed E-state index contributed by atoms with van der Waals surface area (Å²) in [6.07, 6.45) is 1.69. The van der Waals surface area contributed by atoms with Gasteiger partial charge in [0.1, 0.15) is 5.82 Å². The Morgan fingerprint density at radius 1 is 1.05 bits per heavy atom. The molecule has 20 heavy (non-hydrogen) atoms. The van der Waals surface area contributed by atoms with Crippen molar-refractivity contribution in [3.63, 3.8) is 0 Å². The van der Waals surface area contributed by atoms with E-state index in [4.69, 9.17) is 0 Å². The fourth-order valence-electron chi connectivity index (χ4n) is 1.45. The molecule has 0 unspecified atom stereocenters. The first kappa shape index (κ1) is 14.0. The fraction of sp³-hybridized carbons (Fsp3) is 0.0769. The minimum atomic E-state index is -3.63. The molecule has 0 saturated carbocycles. The highest BCUT2D eigenvalue weighted by Crippen LogP contribution is 2.14. The number of nitrogens with zero attached hydrogens (tertiary/aromatic N) is 2. The van der Waals surface area contributed by atoms with E-state index in [2.05, 4.69) is 26.8 Å². The molecule has 0 aliphatic carbocycles. The Morgan fingerprint density at radius 2 is 1.70 bits per heavy atom. The topological polar surface area (TPSA) is 84.0 Å². The molecule has 0 bridgehead atoms. The summed E-state index contributed by atoms with van der Waals surface area (Å²) in [5.41, 5.74) is 0. The minimum absolute atomic E-state index is 0.165. The Morgan fingerprint density at radius 3 is 2.30 bits per heavy atom. The predicted molar refractivity (Wildman–Crippen MR) is 78.0 cm³/mol. The summed E-state index contributed by atoms with van der Waals surface area (Å²) >= 11 is 0. The van der Waals surface area contributed by atoms with Crippen LogP contribution < -0.4 is 10.0 Å². The smallest absolute Gasteiger partial charge is 0.263 e. The molecule has 2 aromatic rings. The molecule has 0 spiro atoms. The lowest BCUT2D eigenvalue weighted by Gasteiger charge is -2.07. The lowest BCUT2D eigenvalue weighted by Crippen LogP contribution is -2.14. The van der Waals surface area contributed by atoms with Crippen molar-refractivity contribution >= 4 is 21.7 Å². The second kappa shape index (κ2) is 6.16. The van der Waals surface area contributed by atoms with Gasteiger partial charge in [0.25, 0.3) is 10.0 Å². The molecule has 0 atom stereocenters. The third-order valence-corrected chi connectivity index (χ3v) is 3.76. The number of anilines is 2. The van der Waals surface area contributed by atoms with E-state index in [1.54, 1.807) is 36.4 Å². The molecule has 0 aliphatic heterocycles. The van der Waals surface area contributed by atoms with Gasteiger partial charge in [-0.3, -0.25) is 4.72 Å². The van der Waals surface area contributed by atoms with Crippen molar-refractivity contribution in [2.45, 2.75) is 4.90 Å². The number of hydrogen-bond acceptors (Lipinski definition) is 5. The summed E-state index contributed by atoms with van der Waals surface area (Å²) < 4.78 is 26.5. The normalized spacial score (nSPS) is 10.8. The second-order valence-electron chi connectivity index (χ2n) is 3.89. The van der Waals surface area contributed by atoms with E-state index in [9.17, 15) is 8.42 Å². The Hall–Kier alpha value is -2.41. The van der Waals surface area contributed by atoms with Gasteiger partial charge in [-0.25, -0.2) is 8.42 Å². The zero-order valence-corrected chi connectivity index (χ0v) is 11.5. The van der Waals surface area contributed by atoms with Crippen LogP contribution in [0, 0.1) is 0 Å². The van der Waals surface area contributed by atoms with E-state index >= 15 is 0 Å². The Bertz CT molecular complexity index is 669. The van der Waals surface area contributed by atoms with Gasteiger partial charge >= 0.3 is 0 Å². The lowest BCUT2D eigenvalue weighted by atomic mass is 10.4. The summed E-state index contributed by atoms with van der Waals surface area (Å²) in [5.74, 6) is 0.713. The lowest BCUT2D eigenvalue weighted by molar-refractivity contribution is 0.601. The fourth-order valence-corrected chi connectivity index (χ4v) is 2.47. The highest BCUT2D eigenvalue weighted by atomic mass is 32.2. The molecule has 104 valence electrons. The van der Waals surface area contributed by atoms with Gasteiger partial charge in [0.2, 0.25) is 0 Å². The first-order chi connectivity index (χ1) is 9.62. The number of benzene rings is 1. The first-order valence-electron chi connectivity index (χ1n) is 5.88. The summed E-state index contributed by atoms with van der Waals surface area (Å²) in [7, 11) is -3.63. The molecule has 1 heterocycles. The van der Waals surface area contributed by atoms with Crippen LogP contribution in [0.1, 0.15) is 0 Å². The number of rotatable bonds is 6. The van der Waals surface area contributed by atoms with Crippen molar-refractivity contribution in [2.75, 3.05) is 16.6 Å². The Kier molecular flexibility index (Phi) is 4.31. The van der Waals surface area contributed by atoms with Crippen molar-refractivity contribution in [2.24, 2.45) is 0 Å². The van der Waals surface area contributed by atoms with Crippen LogP contribution in [0.2, 0.25) is 0 Å². The molecule has 1 aromatic heterocycles. The van der Waals surface area contributed by atoms with Gasteiger partial charge in [0.05, 0.1) is 4.90 Å². The number of sulfonamides is 1. The number of nitrogens with one attached hydrogen (secondary N) is 2. The van der Waals surface area contributed by atoms with Crippen LogP contribution in [0.25, 0.3) is 0 Å². The highest BCUT2D eigenvalue weighted by molar-refractivity contribution is 7.92. The van der Waals surface area contributed by atoms with Crippen LogP contribution in [-0.2, 0) is 10.0 Å². The zero-order chi connectivity index (χ0) is 14.4. The molecule has 0 saturated heterocycles. The zero-order valence-electron chi connectivity index (χ0n) is 10.7. The van der Waals surface area contributed by atoms with Gasteiger partial charge < -0.3 is 5.32 Å². The molecule has 2 N–H and O–H groups in total. The third kappa shape index (κ3) is 3.55. The van der Waals surface area contributed by atoms with Crippen LogP contribution in [-0.4, -0.2) is 25.2 Å². The van der Waals surface area contributed by atoms with Crippen LogP contribution in [0.15, 0.2) is 60.0 Å². The maximum Gasteiger partial charge on any atom is 0.263 e. The molecule has 2 rings (SSSR count). The largest absolute Gasteiger partial charge is 0.365 e. The Labute approximate surface area is 117 Å². The van der Waals surface area contributed by atoms with Crippen LogP contribution in [0.3, 0.4) is 0 Å². The summed E-state index contributed by atoms with van der Waals surface area (Å²) in [6, 6.07) is 11.3. The molecule has 0 aliphatic rings. The average molecular weight is 290 g/mol. The van der Waals surface area contributed by atoms with Crippen LogP contribution in [0.5, 0.6) is 0 Å². The van der Waals surface area contributed by atoms with Gasteiger partial charge in [-0.05, 0) is 24.3 Å². The molecular formula is C13H14N4O2S. The monoisotopic (exact) mass is 290 g/mol. The maximum absolute atomic E-state index is 12.1. The number of aromatic nitrogens is 2. The van der Waals surface area contributed by atoms with E-state index in [0.29, 0.717) is 12.4 Å². The van der Waals surface area contributed by atoms with E-state index in [1.165, 1.54) is 12.1 Å².